The lowest BCUT2D eigenvalue weighted by Gasteiger charge is -2.51. The van der Waals surface area contributed by atoms with Crippen molar-refractivity contribution in [1.82, 2.24) is 0 Å². The number of ether oxygens (including phenoxy) is 5. The maximum atomic E-state index is 9.97. The molecule has 10 atom stereocenters. The highest BCUT2D eigenvalue weighted by Crippen LogP contribution is 2.35. The van der Waals surface area contributed by atoms with Crippen LogP contribution in [0.25, 0.3) is 0 Å². The Kier molecular flexibility index (Phi) is 3.45. The number of fused-ring (bicyclic) bond motifs is 2. The maximum absolute atomic E-state index is 9.97. The molecular formula is C12H18O9. The van der Waals surface area contributed by atoms with Gasteiger partial charge in [-0.25, -0.2) is 0 Å². The molecule has 0 aromatic heterocycles. The first-order chi connectivity index (χ1) is 10.1. The Balaban J connectivity index is 1.42. The summed E-state index contributed by atoms with van der Waals surface area (Å²) in [5, 5.41) is 39.7. The lowest BCUT2D eigenvalue weighted by molar-refractivity contribution is -0.411. The van der Waals surface area contributed by atoms with Gasteiger partial charge in [0, 0.05) is 0 Å². The molecule has 0 aromatic rings. The van der Waals surface area contributed by atoms with Gasteiger partial charge >= 0.3 is 0 Å². The standard InChI is InChI=1S/C12H18O9/c13-5-7(15)11(19-3-1-17-9(3)5)21-12-8(16)6(14)10-4(20-12)2-18-10/h3-16H,1-2H2. The lowest BCUT2D eigenvalue weighted by atomic mass is 9.94. The van der Waals surface area contributed by atoms with Crippen LogP contribution in [0.2, 0.25) is 0 Å². The van der Waals surface area contributed by atoms with E-state index in [-0.39, 0.29) is 12.2 Å². The van der Waals surface area contributed by atoms with Crippen LogP contribution in [0.1, 0.15) is 0 Å². The fourth-order valence-electron chi connectivity index (χ4n) is 3.02. The van der Waals surface area contributed by atoms with Gasteiger partial charge < -0.3 is 44.1 Å². The second kappa shape index (κ2) is 5.08. The van der Waals surface area contributed by atoms with Crippen molar-refractivity contribution in [3.05, 3.63) is 0 Å². The molecule has 4 aliphatic heterocycles. The summed E-state index contributed by atoms with van der Waals surface area (Å²) in [4.78, 5) is 0. The molecule has 4 N–H and O–H groups in total. The predicted octanol–water partition coefficient (Wildman–Crippen LogP) is -3.31. The summed E-state index contributed by atoms with van der Waals surface area (Å²) in [7, 11) is 0. The molecular weight excluding hydrogens is 288 g/mol. The van der Waals surface area contributed by atoms with E-state index in [9.17, 15) is 20.4 Å². The van der Waals surface area contributed by atoms with E-state index in [2.05, 4.69) is 0 Å². The van der Waals surface area contributed by atoms with Crippen molar-refractivity contribution in [1.29, 1.82) is 0 Å². The molecule has 0 aliphatic carbocycles. The minimum Gasteiger partial charge on any atom is -0.387 e. The quantitative estimate of drug-likeness (QED) is 0.415. The van der Waals surface area contributed by atoms with Crippen LogP contribution in [0.15, 0.2) is 0 Å². The van der Waals surface area contributed by atoms with Crippen molar-refractivity contribution in [2.24, 2.45) is 0 Å². The normalized spacial score (nSPS) is 59.4. The summed E-state index contributed by atoms with van der Waals surface area (Å²) in [6.45, 7) is 0.618. The van der Waals surface area contributed by atoms with Gasteiger partial charge in [0.1, 0.15) is 48.8 Å². The predicted molar refractivity (Wildman–Crippen MR) is 61.9 cm³/mol. The van der Waals surface area contributed by atoms with E-state index in [0.29, 0.717) is 13.2 Å². The third-order valence-corrected chi connectivity index (χ3v) is 4.46. The molecule has 0 spiro atoms. The van der Waals surface area contributed by atoms with Crippen LogP contribution in [0, 0.1) is 0 Å². The van der Waals surface area contributed by atoms with Crippen molar-refractivity contribution >= 4 is 0 Å². The zero-order chi connectivity index (χ0) is 14.7. The number of hydrogen-bond acceptors (Lipinski definition) is 9. The number of aliphatic hydroxyl groups is 4. The summed E-state index contributed by atoms with van der Waals surface area (Å²) in [6, 6.07) is 0. The topological polar surface area (TPSA) is 127 Å². The third kappa shape index (κ3) is 2.12. The summed E-state index contributed by atoms with van der Waals surface area (Å²) >= 11 is 0. The van der Waals surface area contributed by atoms with Gasteiger partial charge in [-0.05, 0) is 0 Å². The van der Waals surface area contributed by atoms with E-state index in [1.165, 1.54) is 0 Å². The van der Waals surface area contributed by atoms with Crippen LogP contribution in [0.3, 0.4) is 0 Å². The molecule has 0 amide bonds. The molecule has 9 nitrogen and oxygen atoms in total. The number of aliphatic hydroxyl groups excluding tert-OH is 4. The van der Waals surface area contributed by atoms with Gasteiger partial charge in [-0.3, -0.25) is 0 Å². The average molecular weight is 306 g/mol. The maximum Gasteiger partial charge on any atom is 0.189 e. The zero-order valence-corrected chi connectivity index (χ0v) is 11.0. The van der Waals surface area contributed by atoms with Gasteiger partial charge in [-0.15, -0.1) is 0 Å². The highest BCUT2D eigenvalue weighted by atomic mass is 16.8. The van der Waals surface area contributed by atoms with Gasteiger partial charge in [0.2, 0.25) is 0 Å². The lowest BCUT2D eigenvalue weighted by Crippen LogP contribution is -2.69. The highest BCUT2D eigenvalue weighted by molar-refractivity contribution is 4.98. The fraction of sp³-hybridized carbons (Fsp3) is 1.00. The first-order valence-electron chi connectivity index (χ1n) is 6.98. The van der Waals surface area contributed by atoms with Crippen LogP contribution < -0.4 is 0 Å². The van der Waals surface area contributed by atoms with Crippen LogP contribution in [-0.4, -0.2) is 95.1 Å². The molecule has 4 saturated heterocycles. The fourth-order valence-corrected chi connectivity index (χ4v) is 3.02. The average Bonchev–Trinajstić information content (AvgIpc) is 2.39. The van der Waals surface area contributed by atoms with E-state index in [4.69, 9.17) is 23.7 Å². The Morgan fingerprint density at radius 1 is 0.667 bits per heavy atom. The molecule has 4 heterocycles. The summed E-state index contributed by atoms with van der Waals surface area (Å²) < 4.78 is 26.6. The van der Waals surface area contributed by atoms with Gasteiger partial charge in [0.15, 0.2) is 12.6 Å². The molecule has 9 heteroatoms. The smallest absolute Gasteiger partial charge is 0.189 e. The van der Waals surface area contributed by atoms with Crippen molar-refractivity contribution in [2.45, 2.75) is 61.4 Å². The van der Waals surface area contributed by atoms with Crippen molar-refractivity contribution < 1.29 is 44.1 Å². The Labute approximate surface area is 119 Å². The van der Waals surface area contributed by atoms with Crippen LogP contribution in [0.5, 0.6) is 0 Å². The summed E-state index contributed by atoms with van der Waals surface area (Å²) in [5.74, 6) is 0. The SMILES string of the molecule is OC1C(OC2OC3COC3C(O)C2O)OC2COC2C1O. The van der Waals surface area contributed by atoms with Crippen molar-refractivity contribution in [3.63, 3.8) is 0 Å². The molecule has 0 aromatic carbocycles. The first-order valence-corrected chi connectivity index (χ1v) is 6.98. The Morgan fingerprint density at radius 2 is 1.10 bits per heavy atom. The molecule has 120 valence electrons. The van der Waals surface area contributed by atoms with Crippen molar-refractivity contribution in [3.8, 4) is 0 Å². The Morgan fingerprint density at radius 3 is 1.43 bits per heavy atom. The number of rotatable bonds is 2. The van der Waals surface area contributed by atoms with E-state index in [1.54, 1.807) is 0 Å². The molecule has 0 radical (unpaired) electrons. The van der Waals surface area contributed by atoms with Gasteiger partial charge in [0.25, 0.3) is 0 Å². The van der Waals surface area contributed by atoms with Crippen LogP contribution >= 0.6 is 0 Å². The van der Waals surface area contributed by atoms with Gasteiger partial charge in [-0.2, -0.15) is 0 Å². The van der Waals surface area contributed by atoms with E-state index in [1.807, 2.05) is 0 Å². The molecule has 4 aliphatic rings. The first kappa shape index (κ1) is 14.2. The molecule has 21 heavy (non-hydrogen) atoms. The third-order valence-electron chi connectivity index (χ3n) is 4.46. The van der Waals surface area contributed by atoms with Gasteiger partial charge in [0.05, 0.1) is 13.2 Å². The van der Waals surface area contributed by atoms with E-state index >= 15 is 0 Å². The minimum atomic E-state index is -1.32. The minimum absolute atomic E-state index is 0.309. The monoisotopic (exact) mass is 306 g/mol. The van der Waals surface area contributed by atoms with Crippen molar-refractivity contribution in [2.75, 3.05) is 13.2 Å². The molecule has 0 saturated carbocycles. The molecule has 4 rings (SSSR count). The van der Waals surface area contributed by atoms with E-state index in [0.717, 1.165) is 0 Å². The summed E-state index contributed by atoms with van der Waals surface area (Å²) in [5.41, 5.74) is 0. The van der Waals surface area contributed by atoms with Crippen LogP contribution in [0.4, 0.5) is 0 Å². The largest absolute Gasteiger partial charge is 0.387 e. The zero-order valence-electron chi connectivity index (χ0n) is 11.0. The summed E-state index contributed by atoms with van der Waals surface area (Å²) in [6.07, 6.45) is -9.08. The second-order valence-corrected chi connectivity index (χ2v) is 5.78. The van der Waals surface area contributed by atoms with Gasteiger partial charge in [-0.1, -0.05) is 0 Å². The molecule has 0 bridgehead atoms. The second-order valence-electron chi connectivity index (χ2n) is 5.78. The Hall–Kier alpha value is -0.360. The number of hydrogen-bond donors (Lipinski definition) is 4. The molecule has 10 unspecified atom stereocenters. The highest BCUT2D eigenvalue weighted by Gasteiger charge is 2.55. The Bertz CT molecular complexity index is 370. The van der Waals surface area contributed by atoms with Crippen LogP contribution in [-0.2, 0) is 23.7 Å². The van der Waals surface area contributed by atoms with E-state index < -0.39 is 49.2 Å². The molecule has 4 fully saturated rings.